The van der Waals surface area contributed by atoms with E-state index in [9.17, 15) is 9.59 Å². The van der Waals surface area contributed by atoms with Crippen molar-refractivity contribution < 1.29 is 28.9 Å². The van der Waals surface area contributed by atoms with Gasteiger partial charge in [-0.15, -0.1) is 0 Å². The van der Waals surface area contributed by atoms with Crippen LogP contribution in [0.1, 0.15) is 6.42 Å². The maximum absolute atomic E-state index is 11.5. The summed E-state index contributed by atoms with van der Waals surface area (Å²) in [6, 6.07) is 0. The summed E-state index contributed by atoms with van der Waals surface area (Å²) in [7, 11) is 2.80. The molecule has 100 valence electrons. The molecule has 0 radical (unpaired) electrons. The molecule has 0 aliphatic rings. The number of hydrogen-bond acceptors (Lipinski definition) is 6. The van der Waals surface area contributed by atoms with Gasteiger partial charge in [-0.25, -0.2) is 4.79 Å². The van der Waals surface area contributed by atoms with Gasteiger partial charge in [0.15, 0.2) is 0 Å². The van der Waals surface area contributed by atoms with E-state index in [2.05, 4.69) is 4.74 Å². The molecule has 0 aliphatic carbocycles. The number of hydrogen-bond donors (Lipinski definition) is 1. The van der Waals surface area contributed by atoms with Gasteiger partial charge in [0.25, 0.3) is 0 Å². The second kappa shape index (κ2) is 9.86. The third-order valence-corrected chi connectivity index (χ3v) is 1.95. The number of carbonyl (C=O) groups excluding carboxylic acids is 2. The van der Waals surface area contributed by atoms with Crippen molar-refractivity contribution in [1.82, 2.24) is 4.90 Å². The summed E-state index contributed by atoms with van der Waals surface area (Å²) in [5.74, 6) is -0.401. The number of aliphatic hydroxyl groups is 1. The van der Waals surface area contributed by atoms with Gasteiger partial charge in [-0.2, -0.15) is 0 Å². The van der Waals surface area contributed by atoms with Gasteiger partial charge in [0.2, 0.25) is 0 Å². The number of carbonyl (C=O) groups is 2. The Bertz CT molecular complexity index is 233. The highest BCUT2D eigenvalue weighted by molar-refractivity contribution is 5.71. The predicted octanol–water partition coefficient (Wildman–Crippen LogP) is -0.373. The Morgan fingerprint density at radius 3 is 2.41 bits per heavy atom. The quantitative estimate of drug-likeness (QED) is 0.591. The van der Waals surface area contributed by atoms with Crippen LogP contribution in [0.3, 0.4) is 0 Å². The lowest BCUT2D eigenvalue weighted by Gasteiger charge is -2.20. The van der Waals surface area contributed by atoms with Crippen LogP contribution in [0.5, 0.6) is 0 Å². The van der Waals surface area contributed by atoms with Crippen LogP contribution < -0.4 is 0 Å². The summed E-state index contributed by atoms with van der Waals surface area (Å²) < 4.78 is 14.1. The smallest absolute Gasteiger partial charge is 0.409 e. The van der Waals surface area contributed by atoms with Gasteiger partial charge >= 0.3 is 12.1 Å². The fourth-order valence-electron chi connectivity index (χ4n) is 1.05. The molecule has 0 rings (SSSR count). The number of aliphatic hydroxyl groups excluding tert-OH is 1. The Morgan fingerprint density at radius 2 is 1.88 bits per heavy atom. The van der Waals surface area contributed by atoms with Gasteiger partial charge in [0.1, 0.15) is 6.61 Å². The Kier molecular flexibility index (Phi) is 9.08. The maximum atomic E-state index is 11.5. The molecule has 0 unspecified atom stereocenters. The molecule has 0 saturated carbocycles. The number of nitrogens with zero attached hydrogens (tertiary/aromatic N) is 1. The number of ether oxygens (including phenoxy) is 3. The molecule has 17 heavy (non-hydrogen) atoms. The highest BCUT2D eigenvalue weighted by atomic mass is 16.6. The SMILES string of the molecule is COCCN(CCC(=O)OC)C(=O)OCCO. The molecule has 0 aromatic carbocycles. The summed E-state index contributed by atoms with van der Waals surface area (Å²) in [5.41, 5.74) is 0. The van der Waals surface area contributed by atoms with Crippen LogP contribution in [0.2, 0.25) is 0 Å². The third kappa shape index (κ3) is 7.53. The highest BCUT2D eigenvalue weighted by Crippen LogP contribution is 1.98. The van der Waals surface area contributed by atoms with Crippen LogP contribution in [-0.4, -0.2) is 69.2 Å². The highest BCUT2D eigenvalue weighted by Gasteiger charge is 2.16. The average molecular weight is 249 g/mol. The monoisotopic (exact) mass is 249 g/mol. The lowest BCUT2D eigenvalue weighted by molar-refractivity contribution is -0.140. The standard InChI is InChI=1S/C10H19NO6/c1-15-7-5-11(4-3-9(13)16-2)10(14)17-8-6-12/h12H,3-8H2,1-2H3. The van der Waals surface area contributed by atoms with Crippen LogP contribution in [0.15, 0.2) is 0 Å². The molecule has 0 heterocycles. The lowest BCUT2D eigenvalue weighted by atomic mass is 10.4. The molecule has 0 fully saturated rings. The first kappa shape index (κ1) is 15.7. The molecule has 0 bridgehead atoms. The van der Waals surface area contributed by atoms with E-state index in [4.69, 9.17) is 14.6 Å². The van der Waals surface area contributed by atoms with E-state index in [1.807, 2.05) is 0 Å². The van der Waals surface area contributed by atoms with Crippen molar-refractivity contribution in [3.05, 3.63) is 0 Å². The van der Waals surface area contributed by atoms with Crippen LogP contribution in [0, 0.1) is 0 Å². The van der Waals surface area contributed by atoms with Gasteiger partial charge in [0.05, 0.1) is 26.7 Å². The zero-order chi connectivity index (χ0) is 13.1. The summed E-state index contributed by atoms with van der Waals surface area (Å²) >= 11 is 0. The number of rotatable bonds is 8. The van der Waals surface area contributed by atoms with E-state index in [1.165, 1.54) is 19.1 Å². The number of amides is 1. The van der Waals surface area contributed by atoms with Crippen LogP contribution in [0.4, 0.5) is 4.79 Å². The van der Waals surface area contributed by atoms with Crippen molar-refractivity contribution in [2.24, 2.45) is 0 Å². The second-order valence-electron chi connectivity index (χ2n) is 3.14. The summed E-state index contributed by atoms with van der Waals surface area (Å²) in [5, 5.41) is 8.53. The molecule has 0 spiro atoms. The Morgan fingerprint density at radius 1 is 1.18 bits per heavy atom. The van der Waals surface area contributed by atoms with E-state index < -0.39 is 12.1 Å². The fourth-order valence-corrected chi connectivity index (χ4v) is 1.05. The Labute approximate surface area is 100 Å². The van der Waals surface area contributed by atoms with E-state index >= 15 is 0 Å². The molecule has 0 aromatic heterocycles. The largest absolute Gasteiger partial charge is 0.469 e. The number of esters is 1. The first-order chi connectivity index (χ1) is 8.15. The van der Waals surface area contributed by atoms with Gasteiger partial charge in [0, 0.05) is 20.2 Å². The van der Waals surface area contributed by atoms with Crippen molar-refractivity contribution in [2.75, 3.05) is 47.1 Å². The van der Waals surface area contributed by atoms with E-state index in [1.54, 1.807) is 0 Å². The van der Waals surface area contributed by atoms with Gasteiger partial charge < -0.3 is 24.2 Å². The zero-order valence-corrected chi connectivity index (χ0v) is 10.2. The molecule has 7 nitrogen and oxygen atoms in total. The first-order valence-corrected chi connectivity index (χ1v) is 5.24. The van der Waals surface area contributed by atoms with Crippen molar-refractivity contribution in [2.45, 2.75) is 6.42 Å². The van der Waals surface area contributed by atoms with Gasteiger partial charge in [-0.05, 0) is 0 Å². The molecule has 7 heteroatoms. The van der Waals surface area contributed by atoms with Crippen molar-refractivity contribution >= 4 is 12.1 Å². The summed E-state index contributed by atoms with van der Waals surface area (Å²) in [4.78, 5) is 23.8. The average Bonchev–Trinajstić information content (AvgIpc) is 2.35. The molecule has 1 amide bonds. The minimum Gasteiger partial charge on any atom is -0.469 e. The molecular formula is C10H19NO6. The Hall–Kier alpha value is -1.34. The minimum atomic E-state index is -0.583. The molecule has 0 aromatic rings. The maximum Gasteiger partial charge on any atom is 0.409 e. The van der Waals surface area contributed by atoms with E-state index in [-0.39, 0.29) is 26.2 Å². The molecular weight excluding hydrogens is 230 g/mol. The zero-order valence-electron chi connectivity index (χ0n) is 10.2. The Balaban J connectivity index is 4.11. The van der Waals surface area contributed by atoms with E-state index in [0.717, 1.165) is 0 Å². The number of methoxy groups -OCH3 is 2. The molecule has 0 atom stereocenters. The van der Waals surface area contributed by atoms with Crippen molar-refractivity contribution in [3.8, 4) is 0 Å². The topological polar surface area (TPSA) is 85.3 Å². The van der Waals surface area contributed by atoms with Gasteiger partial charge in [-0.3, -0.25) is 4.79 Å². The van der Waals surface area contributed by atoms with Crippen LogP contribution in [0.25, 0.3) is 0 Å². The first-order valence-electron chi connectivity index (χ1n) is 5.24. The van der Waals surface area contributed by atoms with E-state index in [0.29, 0.717) is 13.2 Å². The minimum absolute atomic E-state index is 0.0689. The second-order valence-corrected chi connectivity index (χ2v) is 3.14. The van der Waals surface area contributed by atoms with Crippen molar-refractivity contribution in [1.29, 1.82) is 0 Å². The lowest BCUT2D eigenvalue weighted by Crippen LogP contribution is -2.36. The summed E-state index contributed by atoms with van der Waals surface area (Å²) in [6.07, 6.45) is -0.492. The van der Waals surface area contributed by atoms with Crippen LogP contribution in [-0.2, 0) is 19.0 Å². The van der Waals surface area contributed by atoms with Crippen molar-refractivity contribution in [3.63, 3.8) is 0 Å². The predicted molar refractivity (Wildman–Crippen MR) is 58.5 cm³/mol. The fraction of sp³-hybridized carbons (Fsp3) is 0.800. The van der Waals surface area contributed by atoms with Crippen LogP contribution >= 0.6 is 0 Å². The normalized spacial score (nSPS) is 9.82. The molecule has 0 saturated heterocycles. The molecule has 1 N–H and O–H groups in total. The third-order valence-electron chi connectivity index (χ3n) is 1.95. The summed E-state index contributed by atoms with van der Waals surface area (Å²) in [6.45, 7) is 0.550. The van der Waals surface area contributed by atoms with Gasteiger partial charge in [-0.1, -0.05) is 0 Å². The molecule has 0 aliphatic heterocycles.